The van der Waals surface area contributed by atoms with Gasteiger partial charge in [-0.2, -0.15) is 0 Å². The normalized spacial score (nSPS) is 21.2. The maximum Gasteiger partial charge on any atom is 0.105 e. The molecule has 108 valence electrons. The lowest BCUT2D eigenvalue weighted by atomic mass is 10.2. The van der Waals surface area contributed by atoms with Crippen molar-refractivity contribution < 1.29 is 9.15 Å². The molecule has 1 aliphatic rings. The van der Waals surface area contributed by atoms with Gasteiger partial charge in [-0.1, -0.05) is 0 Å². The molecule has 0 radical (unpaired) electrons. The molecule has 2 atom stereocenters. The van der Waals surface area contributed by atoms with Crippen LogP contribution in [-0.4, -0.2) is 43.8 Å². The van der Waals surface area contributed by atoms with Crippen LogP contribution in [0.4, 0.5) is 0 Å². The minimum Gasteiger partial charge on any atom is -0.469 e. The monoisotopic (exact) mass is 266 g/mol. The second kappa shape index (κ2) is 7.08. The number of likely N-dealkylation sites (N-methyl/N-ethyl adjacent to an activating group) is 1. The zero-order chi connectivity index (χ0) is 13.7. The Labute approximate surface area is 116 Å². The van der Waals surface area contributed by atoms with E-state index >= 15 is 0 Å². The summed E-state index contributed by atoms with van der Waals surface area (Å²) in [5.74, 6) is 1.02. The molecule has 0 amide bonds. The zero-order valence-electron chi connectivity index (χ0n) is 12.3. The van der Waals surface area contributed by atoms with Crippen LogP contribution in [0.15, 0.2) is 16.7 Å². The fraction of sp³-hybridized carbons (Fsp3) is 0.733. The van der Waals surface area contributed by atoms with Crippen molar-refractivity contribution in [3.8, 4) is 0 Å². The number of hydrogen-bond acceptors (Lipinski definition) is 4. The minimum absolute atomic E-state index is 0.425. The third-order valence-corrected chi connectivity index (χ3v) is 3.97. The van der Waals surface area contributed by atoms with E-state index in [-0.39, 0.29) is 0 Å². The summed E-state index contributed by atoms with van der Waals surface area (Å²) in [6.45, 7) is 8.10. The van der Waals surface area contributed by atoms with Gasteiger partial charge in [-0.3, -0.25) is 4.90 Å². The molecule has 0 spiro atoms. The largest absolute Gasteiger partial charge is 0.469 e. The van der Waals surface area contributed by atoms with Crippen LogP contribution in [0.25, 0.3) is 0 Å². The predicted octanol–water partition coefficient (Wildman–Crippen LogP) is 2.18. The molecule has 4 heteroatoms. The van der Waals surface area contributed by atoms with E-state index in [1.165, 1.54) is 18.4 Å². The third-order valence-electron chi connectivity index (χ3n) is 3.97. The highest BCUT2D eigenvalue weighted by atomic mass is 16.5. The van der Waals surface area contributed by atoms with Crippen LogP contribution < -0.4 is 5.32 Å². The van der Waals surface area contributed by atoms with Gasteiger partial charge in [0.25, 0.3) is 0 Å². The number of aryl methyl sites for hydroxylation is 1. The van der Waals surface area contributed by atoms with Gasteiger partial charge in [-0.25, -0.2) is 0 Å². The molecule has 0 saturated carbocycles. The molecular formula is C15H26N2O2. The topological polar surface area (TPSA) is 37.6 Å². The molecule has 2 heterocycles. The van der Waals surface area contributed by atoms with Gasteiger partial charge in [-0.15, -0.1) is 0 Å². The van der Waals surface area contributed by atoms with E-state index in [0.717, 1.165) is 32.0 Å². The van der Waals surface area contributed by atoms with E-state index in [0.29, 0.717) is 12.1 Å². The molecule has 19 heavy (non-hydrogen) atoms. The maximum absolute atomic E-state index is 5.61. The predicted molar refractivity (Wildman–Crippen MR) is 76.2 cm³/mol. The summed E-state index contributed by atoms with van der Waals surface area (Å²) < 4.78 is 10.9. The Balaban J connectivity index is 1.67. The van der Waals surface area contributed by atoms with Crippen LogP contribution in [-0.2, 0) is 11.3 Å². The Morgan fingerprint density at radius 1 is 1.53 bits per heavy atom. The number of hydrogen-bond donors (Lipinski definition) is 1. The van der Waals surface area contributed by atoms with Crippen LogP contribution in [0, 0.1) is 6.92 Å². The molecule has 2 rings (SSSR count). The lowest BCUT2D eigenvalue weighted by molar-refractivity contribution is 0.108. The summed E-state index contributed by atoms with van der Waals surface area (Å²) in [5, 5.41) is 3.51. The number of ether oxygens (including phenoxy) is 1. The van der Waals surface area contributed by atoms with Gasteiger partial charge in [0.1, 0.15) is 5.76 Å². The summed E-state index contributed by atoms with van der Waals surface area (Å²) in [6.07, 6.45) is 4.60. The first-order chi connectivity index (χ1) is 9.16. The lowest BCUT2D eigenvalue weighted by Gasteiger charge is -2.25. The third kappa shape index (κ3) is 4.34. The first-order valence-corrected chi connectivity index (χ1v) is 7.22. The van der Waals surface area contributed by atoms with Crippen molar-refractivity contribution in [2.45, 2.75) is 45.4 Å². The maximum atomic E-state index is 5.61. The van der Waals surface area contributed by atoms with Crippen LogP contribution in [0.5, 0.6) is 0 Å². The summed E-state index contributed by atoms with van der Waals surface area (Å²) >= 11 is 0. The number of furan rings is 1. The van der Waals surface area contributed by atoms with E-state index in [2.05, 4.69) is 30.3 Å². The number of nitrogens with zero attached hydrogens (tertiary/aromatic N) is 1. The quantitative estimate of drug-likeness (QED) is 0.821. The molecule has 4 nitrogen and oxygen atoms in total. The SMILES string of the molecule is Cc1occc1CN(C)C(C)CNCC1CCCO1. The highest BCUT2D eigenvalue weighted by Crippen LogP contribution is 2.13. The Morgan fingerprint density at radius 3 is 3.00 bits per heavy atom. The van der Waals surface area contributed by atoms with Crippen molar-refractivity contribution in [3.05, 3.63) is 23.7 Å². The standard InChI is InChI=1S/C15H26N2O2/c1-12(9-16-10-15-5-4-7-19-15)17(3)11-14-6-8-18-13(14)2/h6,8,12,15-16H,4-5,7,9-11H2,1-3H3. The zero-order valence-corrected chi connectivity index (χ0v) is 12.3. The fourth-order valence-corrected chi connectivity index (χ4v) is 2.41. The summed E-state index contributed by atoms with van der Waals surface area (Å²) in [5.41, 5.74) is 1.27. The molecule has 0 aliphatic carbocycles. The molecule has 0 aromatic carbocycles. The van der Waals surface area contributed by atoms with Crippen molar-refractivity contribution in [3.63, 3.8) is 0 Å². The van der Waals surface area contributed by atoms with Crippen molar-refractivity contribution >= 4 is 0 Å². The van der Waals surface area contributed by atoms with E-state index in [9.17, 15) is 0 Å². The first-order valence-electron chi connectivity index (χ1n) is 7.22. The van der Waals surface area contributed by atoms with E-state index in [4.69, 9.17) is 9.15 Å². The average molecular weight is 266 g/mol. The van der Waals surface area contributed by atoms with E-state index < -0.39 is 0 Å². The summed E-state index contributed by atoms with van der Waals surface area (Å²) in [4.78, 5) is 2.35. The Morgan fingerprint density at radius 2 is 2.37 bits per heavy atom. The molecule has 1 fully saturated rings. The second-order valence-electron chi connectivity index (χ2n) is 5.56. The Hall–Kier alpha value is -0.840. The van der Waals surface area contributed by atoms with Crippen LogP contribution in [0.3, 0.4) is 0 Å². The van der Waals surface area contributed by atoms with E-state index in [1.807, 2.05) is 6.92 Å². The highest BCUT2D eigenvalue weighted by Gasteiger charge is 2.16. The van der Waals surface area contributed by atoms with Gasteiger partial charge >= 0.3 is 0 Å². The van der Waals surface area contributed by atoms with Crippen LogP contribution in [0.2, 0.25) is 0 Å². The van der Waals surface area contributed by atoms with Crippen molar-refractivity contribution in [2.24, 2.45) is 0 Å². The van der Waals surface area contributed by atoms with Gasteiger partial charge in [0, 0.05) is 37.8 Å². The number of rotatable bonds is 7. The van der Waals surface area contributed by atoms with Crippen molar-refractivity contribution in [2.75, 3.05) is 26.7 Å². The fourth-order valence-electron chi connectivity index (χ4n) is 2.41. The van der Waals surface area contributed by atoms with Gasteiger partial charge in [0.15, 0.2) is 0 Å². The van der Waals surface area contributed by atoms with Crippen molar-refractivity contribution in [1.29, 1.82) is 0 Å². The number of nitrogens with one attached hydrogen (secondary N) is 1. The minimum atomic E-state index is 0.425. The summed E-state index contributed by atoms with van der Waals surface area (Å²) in [6, 6.07) is 2.55. The summed E-state index contributed by atoms with van der Waals surface area (Å²) in [7, 11) is 2.16. The molecular weight excluding hydrogens is 240 g/mol. The molecule has 2 unspecified atom stereocenters. The molecule has 0 bridgehead atoms. The van der Waals surface area contributed by atoms with Gasteiger partial charge in [-0.05, 0) is 39.8 Å². The van der Waals surface area contributed by atoms with E-state index in [1.54, 1.807) is 6.26 Å². The molecule has 1 aliphatic heterocycles. The van der Waals surface area contributed by atoms with Gasteiger partial charge in [0.2, 0.25) is 0 Å². The lowest BCUT2D eigenvalue weighted by Crippen LogP contribution is -2.39. The molecule has 1 aromatic rings. The smallest absolute Gasteiger partial charge is 0.105 e. The Bertz CT molecular complexity index is 372. The second-order valence-corrected chi connectivity index (χ2v) is 5.56. The van der Waals surface area contributed by atoms with Gasteiger partial charge in [0.05, 0.1) is 12.4 Å². The van der Waals surface area contributed by atoms with Crippen molar-refractivity contribution in [1.82, 2.24) is 10.2 Å². The van der Waals surface area contributed by atoms with Crippen LogP contribution >= 0.6 is 0 Å². The first kappa shape index (κ1) is 14.6. The average Bonchev–Trinajstić information content (AvgIpc) is 3.02. The molecule has 1 saturated heterocycles. The Kier molecular flexibility index (Phi) is 5.43. The highest BCUT2D eigenvalue weighted by molar-refractivity contribution is 5.15. The van der Waals surface area contributed by atoms with Gasteiger partial charge < -0.3 is 14.5 Å². The molecule has 1 aromatic heterocycles. The van der Waals surface area contributed by atoms with Crippen LogP contribution in [0.1, 0.15) is 31.1 Å². The molecule has 1 N–H and O–H groups in total.